The minimum absolute atomic E-state index is 0.0413. The Morgan fingerprint density at radius 3 is 1.80 bits per heavy atom. The molecule has 0 rings (SSSR count). The van der Waals surface area contributed by atoms with E-state index in [1.165, 1.54) is 0 Å². The minimum atomic E-state index is -0.635. The van der Waals surface area contributed by atoms with Crippen molar-refractivity contribution in [2.45, 2.75) is 52.7 Å². The summed E-state index contributed by atoms with van der Waals surface area (Å²) in [5.74, 6) is -0.164. The molecule has 3 heteroatoms. The monoisotopic (exact) mass is 218 g/mol. The molecule has 0 fully saturated rings. The van der Waals surface area contributed by atoms with Crippen molar-refractivity contribution in [1.82, 2.24) is 0 Å². The Morgan fingerprint density at radius 2 is 1.40 bits per heavy atom. The Balaban J connectivity index is 4.22. The van der Waals surface area contributed by atoms with Crippen LogP contribution in [0.25, 0.3) is 0 Å². The predicted molar refractivity (Wildman–Crippen MR) is 61.5 cm³/mol. The summed E-state index contributed by atoms with van der Waals surface area (Å²) in [6.07, 6.45) is 0.876. The molecule has 0 aliphatic heterocycles. The summed E-state index contributed by atoms with van der Waals surface area (Å²) in [6.45, 7) is 7.67. The topological polar surface area (TPSA) is 60.7 Å². The zero-order valence-electron chi connectivity index (χ0n) is 10.3. The Labute approximate surface area is 93.1 Å². The van der Waals surface area contributed by atoms with Crippen LogP contribution in [0.5, 0.6) is 0 Å². The largest absolute Gasteiger partial charge is 0.396 e. The Kier molecular flexibility index (Phi) is 7.14. The molecule has 0 radical (unpaired) electrons. The fraction of sp³-hybridized carbons (Fsp3) is 1.00. The van der Waals surface area contributed by atoms with Crippen LogP contribution in [-0.2, 0) is 0 Å². The van der Waals surface area contributed by atoms with E-state index in [4.69, 9.17) is 5.11 Å². The van der Waals surface area contributed by atoms with Crippen LogP contribution >= 0.6 is 0 Å². The molecule has 0 aromatic rings. The summed E-state index contributed by atoms with van der Waals surface area (Å²) >= 11 is 0. The molecular formula is C12H26O3. The van der Waals surface area contributed by atoms with Gasteiger partial charge >= 0.3 is 0 Å². The first kappa shape index (κ1) is 14.9. The zero-order chi connectivity index (χ0) is 12.0. The van der Waals surface area contributed by atoms with E-state index in [0.29, 0.717) is 0 Å². The molecule has 0 amide bonds. The highest BCUT2D eigenvalue weighted by Crippen LogP contribution is 2.23. The average Bonchev–Trinajstić information content (AvgIpc) is 2.25. The zero-order valence-corrected chi connectivity index (χ0v) is 10.3. The highest BCUT2D eigenvalue weighted by atomic mass is 16.3. The lowest BCUT2D eigenvalue weighted by molar-refractivity contribution is -0.0394. The van der Waals surface area contributed by atoms with Gasteiger partial charge in [0, 0.05) is 18.4 Å². The van der Waals surface area contributed by atoms with Crippen LogP contribution in [0.2, 0.25) is 0 Å². The van der Waals surface area contributed by atoms with Crippen molar-refractivity contribution in [1.29, 1.82) is 0 Å². The second-order valence-corrected chi connectivity index (χ2v) is 4.77. The smallest absolute Gasteiger partial charge is 0.0637 e. The van der Waals surface area contributed by atoms with Crippen molar-refractivity contribution >= 4 is 0 Å². The van der Waals surface area contributed by atoms with Crippen LogP contribution in [0.4, 0.5) is 0 Å². The summed E-state index contributed by atoms with van der Waals surface area (Å²) in [7, 11) is 0. The van der Waals surface area contributed by atoms with Crippen molar-refractivity contribution in [2.75, 3.05) is 6.61 Å². The van der Waals surface area contributed by atoms with Crippen LogP contribution in [0, 0.1) is 17.8 Å². The van der Waals surface area contributed by atoms with Crippen LogP contribution < -0.4 is 0 Å². The van der Waals surface area contributed by atoms with Crippen molar-refractivity contribution in [3.8, 4) is 0 Å². The molecule has 0 unspecified atom stereocenters. The highest BCUT2D eigenvalue weighted by Gasteiger charge is 2.29. The van der Waals surface area contributed by atoms with Crippen LogP contribution in [0.3, 0.4) is 0 Å². The van der Waals surface area contributed by atoms with Crippen molar-refractivity contribution in [2.24, 2.45) is 17.8 Å². The molecule has 0 saturated carbocycles. The van der Waals surface area contributed by atoms with Gasteiger partial charge in [0.25, 0.3) is 0 Å². The van der Waals surface area contributed by atoms with E-state index in [0.717, 1.165) is 12.8 Å². The van der Waals surface area contributed by atoms with E-state index in [1.807, 2.05) is 13.8 Å². The molecule has 3 nitrogen and oxygen atoms in total. The molecule has 92 valence electrons. The maximum Gasteiger partial charge on any atom is 0.0637 e. The number of rotatable bonds is 7. The summed E-state index contributed by atoms with van der Waals surface area (Å²) in [5.41, 5.74) is 0. The maximum atomic E-state index is 9.99. The van der Waals surface area contributed by atoms with Gasteiger partial charge in [-0.2, -0.15) is 0 Å². The third kappa shape index (κ3) is 4.49. The van der Waals surface area contributed by atoms with E-state index in [2.05, 4.69) is 6.92 Å². The van der Waals surface area contributed by atoms with Crippen molar-refractivity contribution < 1.29 is 15.3 Å². The van der Waals surface area contributed by atoms with Gasteiger partial charge in [-0.1, -0.05) is 34.1 Å². The second kappa shape index (κ2) is 7.20. The van der Waals surface area contributed by atoms with Gasteiger partial charge in [-0.05, 0) is 12.3 Å². The number of hydrogen-bond acceptors (Lipinski definition) is 3. The standard InChI is InChI=1S/C12H26O3/c1-5-6-8(2)11(14)10(4)12(15)9(3)7-13/h8-15H,5-7H2,1-4H3/t8-,9-,10+,11+,12-/m1/s1. The quantitative estimate of drug-likeness (QED) is 0.605. The Bertz CT molecular complexity index is 161. The van der Waals surface area contributed by atoms with Gasteiger partial charge in [0.1, 0.15) is 0 Å². The molecular weight excluding hydrogens is 192 g/mol. The van der Waals surface area contributed by atoms with E-state index < -0.39 is 12.2 Å². The van der Waals surface area contributed by atoms with Gasteiger partial charge in [-0.3, -0.25) is 0 Å². The number of aliphatic hydroxyl groups is 3. The minimum Gasteiger partial charge on any atom is -0.396 e. The van der Waals surface area contributed by atoms with Gasteiger partial charge in [-0.25, -0.2) is 0 Å². The molecule has 0 heterocycles. The molecule has 3 N–H and O–H groups in total. The van der Waals surface area contributed by atoms with Gasteiger partial charge in [0.05, 0.1) is 12.2 Å². The lowest BCUT2D eigenvalue weighted by Gasteiger charge is -2.30. The van der Waals surface area contributed by atoms with E-state index >= 15 is 0 Å². The summed E-state index contributed by atoms with van der Waals surface area (Å²) in [6, 6.07) is 0. The van der Waals surface area contributed by atoms with E-state index in [9.17, 15) is 10.2 Å². The second-order valence-electron chi connectivity index (χ2n) is 4.77. The first-order chi connectivity index (χ1) is 6.95. The molecule has 0 aliphatic rings. The third-order valence-electron chi connectivity index (χ3n) is 3.28. The SMILES string of the molecule is CCC[C@@H](C)[C@H](O)[C@H](C)[C@H](O)[C@H](C)CO. The number of aliphatic hydroxyl groups excluding tert-OH is 3. The van der Waals surface area contributed by atoms with Crippen molar-refractivity contribution in [3.63, 3.8) is 0 Å². The lowest BCUT2D eigenvalue weighted by atomic mass is 9.83. The highest BCUT2D eigenvalue weighted by molar-refractivity contribution is 4.79. The van der Waals surface area contributed by atoms with Crippen LogP contribution in [-0.4, -0.2) is 34.1 Å². The Hall–Kier alpha value is -0.120. The van der Waals surface area contributed by atoms with E-state index in [1.54, 1.807) is 6.92 Å². The normalized spacial score (nSPS) is 21.8. The first-order valence-corrected chi connectivity index (χ1v) is 5.92. The molecule has 5 atom stereocenters. The molecule has 0 aromatic carbocycles. The molecule has 0 aromatic heterocycles. The summed E-state index contributed by atoms with van der Waals surface area (Å²) in [5, 5.41) is 28.8. The van der Waals surface area contributed by atoms with Gasteiger partial charge < -0.3 is 15.3 Å². The first-order valence-electron chi connectivity index (χ1n) is 5.92. The Morgan fingerprint density at radius 1 is 0.933 bits per heavy atom. The van der Waals surface area contributed by atoms with Crippen LogP contribution in [0.15, 0.2) is 0 Å². The van der Waals surface area contributed by atoms with Crippen LogP contribution in [0.1, 0.15) is 40.5 Å². The predicted octanol–water partition coefficient (Wildman–Crippen LogP) is 1.41. The van der Waals surface area contributed by atoms with E-state index in [-0.39, 0.29) is 24.4 Å². The molecule has 0 bridgehead atoms. The molecule has 0 saturated heterocycles. The summed E-state index contributed by atoms with van der Waals surface area (Å²) in [4.78, 5) is 0. The summed E-state index contributed by atoms with van der Waals surface area (Å²) < 4.78 is 0. The number of hydrogen-bond donors (Lipinski definition) is 3. The van der Waals surface area contributed by atoms with Gasteiger partial charge in [-0.15, -0.1) is 0 Å². The lowest BCUT2D eigenvalue weighted by Crippen LogP contribution is -2.38. The fourth-order valence-corrected chi connectivity index (χ4v) is 1.97. The van der Waals surface area contributed by atoms with Gasteiger partial charge in [0.15, 0.2) is 0 Å². The molecule has 0 aliphatic carbocycles. The molecule has 15 heavy (non-hydrogen) atoms. The van der Waals surface area contributed by atoms with Gasteiger partial charge in [0.2, 0.25) is 0 Å². The molecule has 0 spiro atoms. The average molecular weight is 218 g/mol. The maximum absolute atomic E-state index is 9.99. The van der Waals surface area contributed by atoms with Crippen molar-refractivity contribution in [3.05, 3.63) is 0 Å². The third-order valence-corrected chi connectivity index (χ3v) is 3.28. The fourth-order valence-electron chi connectivity index (χ4n) is 1.97.